The van der Waals surface area contributed by atoms with E-state index >= 15 is 0 Å². The third-order valence-electron chi connectivity index (χ3n) is 2.37. The van der Waals surface area contributed by atoms with Gasteiger partial charge in [0.1, 0.15) is 5.82 Å². The molecule has 2 aromatic rings. The van der Waals surface area contributed by atoms with Crippen molar-refractivity contribution in [2.45, 2.75) is 13.5 Å². The number of amides is 1. The molecule has 0 saturated carbocycles. The van der Waals surface area contributed by atoms with E-state index in [4.69, 9.17) is 0 Å². The van der Waals surface area contributed by atoms with Crippen LogP contribution in [0.3, 0.4) is 0 Å². The minimum atomic E-state index is -0.508. The van der Waals surface area contributed by atoms with Crippen LogP contribution in [0.4, 0.5) is 4.39 Å². The molecule has 1 amide bonds. The minimum Gasteiger partial charge on any atom is -0.347 e. The monoisotopic (exact) mass is 250 g/mol. The lowest BCUT2D eigenvalue weighted by Crippen LogP contribution is -2.23. The highest BCUT2D eigenvalue weighted by Gasteiger charge is 2.11. The molecule has 88 valence electrons. The van der Waals surface area contributed by atoms with Crippen molar-refractivity contribution in [2.24, 2.45) is 0 Å². The highest BCUT2D eigenvalue weighted by Crippen LogP contribution is 2.12. The van der Waals surface area contributed by atoms with Crippen molar-refractivity contribution in [3.05, 3.63) is 51.7 Å². The number of nitrogens with one attached hydrogen (secondary N) is 1. The Bertz CT molecular complexity index is 539. The van der Waals surface area contributed by atoms with Crippen molar-refractivity contribution in [3.63, 3.8) is 0 Å². The second-order valence-corrected chi connectivity index (χ2v) is 4.46. The molecule has 0 aliphatic carbocycles. The molecule has 5 heteroatoms. The first-order valence-electron chi connectivity index (χ1n) is 5.10. The van der Waals surface area contributed by atoms with Crippen LogP contribution < -0.4 is 5.32 Å². The number of halogens is 1. The maximum absolute atomic E-state index is 13.3. The van der Waals surface area contributed by atoms with Crippen molar-refractivity contribution >= 4 is 17.2 Å². The Kier molecular flexibility index (Phi) is 3.49. The summed E-state index contributed by atoms with van der Waals surface area (Å²) in [6.07, 6.45) is 0. The smallest absolute Gasteiger partial charge is 0.254 e. The number of thiazole rings is 1. The summed E-state index contributed by atoms with van der Waals surface area (Å²) < 4.78 is 13.3. The fourth-order valence-electron chi connectivity index (χ4n) is 1.40. The predicted octanol–water partition coefficient (Wildman–Crippen LogP) is 2.52. The van der Waals surface area contributed by atoms with Crippen LogP contribution in [-0.4, -0.2) is 10.9 Å². The van der Waals surface area contributed by atoms with Gasteiger partial charge in [0.2, 0.25) is 0 Å². The number of benzene rings is 1. The summed E-state index contributed by atoms with van der Waals surface area (Å²) in [7, 11) is 0. The summed E-state index contributed by atoms with van der Waals surface area (Å²) in [6.45, 7) is 2.25. The molecule has 0 spiro atoms. The van der Waals surface area contributed by atoms with Gasteiger partial charge in [-0.25, -0.2) is 9.37 Å². The average Bonchev–Trinajstić information content (AvgIpc) is 2.72. The molecule has 1 aromatic heterocycles. The summed E-state index contributed by atoms with van der Waals surface area (Å²) >= 11 is 1.47. The molecule has 0 unspecified atom stereocenters. The second kappa shape index (κ2) is 5.05. The van der Waals surface area contributed by atoms with Gasteiger partial charge in [0.25, 0.3) is 5.91 Å². The van der Waals surface area contributed by atoms with Gasteiger partial charge in [-0.3, -0.25) is 4.79 Å². The van der Waals surface area contributed by atoms with Crippen LogP contribution in [0.1, 0.15) is 20.9 Å². The van der Waals surface area contributed by atoms with E-state index in [-0.39, 0.29) is 5.56 Å². The third-order valence-corrected chi connectivity index (χ3v) is 3.31. The molecule has 0 fully saturated rings. The Morgan fingerprint density at radius 3 is 2.88 bits per heavy atom. The molecule has 0 bridgehead atoms. The molecule has 0 atom stereocenters. The summed E-state index contributed by atoms with van der Waals surface area (Å²) in [5.41, 5.74) is 2.68. The van der Waals surface area contributed by atoms with Crippen LogP contribution >= 0.6 is 11.3 Å². The van der Waals surface area contributed by atoms with Crippen LogP contribution in [0.5, 0.6) is 0 Å². The summed E-state index contributed by atoms with van der Waals surface area (Å²) in [5, 5.41) is 2.67. The average molecular weight is 250 g/mol. The van der Waals surface area contributed by atoms with E-state index in [1.165, 1.54) is 23.5 Å². The van der Waals surface area contributed by atoms with Gasteiger partial charge < -0.3 is 5.32 Å². The predicted molar refractivity (Wildman–Crippen MR) is 64.4 cm³/mol. The highest BCUT2D eigenvalue weighted by molar-refractivity contribution is 7.09. The zero-order valence-electron chi connectivity index (χ0n) is 9.24. The van der Waals surface area contributed by atoms with Crippen molar-refractivity contribution < 1.29 is 9.18 Å². The normalized spacial score (nSPS) is 10.2. The van der Waals surface area contributed by atoms with Gasteiger partial charge in [-0.2, -0.15) is 0 Å². The lowest BCUT2D eigenvalue weighted by molar-refractivity contribution is 0.0947. The van der Waals surface area contributed by atoms with Gasteiger partial charge in [0.15, 0.2) is 0 Å². The van der Waals surface area contributed by atoms with Gasteiger partial charge in [-0.15, -0.1) is 11.3 Å². The SMILES string of the molecule is Cc1ncsc1CNC(=O)c1ccccc1F. The van der Waals surface area contributed by atoms with Crippen molar-refractivity contribution in [3.8, 4) is 0 Å². The number of aryl methyl sites for hydroxylation is 1. The quantitative estimate of drug-likeness (QED) is 0.909. The van der Waals surface area contributed by atoms with Gasteiger partial charge in [-0.05, 0) is 19.1 Å². The molecular weight excluding hydrogens is 239 g/mol. The molecule has 1 N–H and O–H groups in total. The van der Waals surface area contributed by atoms with Crippen LogP contribution in [-0.2, 0) is 6.54 Å². The zero-order valence-corrected chi connectivity index (χ0v) is 10.1. The fourth-order valence-corrected chi connectivity index (χ4v) is 2.11. The Hall–Kier alpha value is -1.75. The van der Waals surface area contributed by atoms with Gasteiger partial charge in [0.05, 0.1) is 23.3 Å². The van der Waals surface area contributed by atoms with Crippen LogP contribution in [0.2, 0.25) is 0 Å². The maximum Gasteiger partial charge on any atom is 0.254 e. The molecule has 17 heavy (non-hydrogen) atoms. The lowest BCUT2D eigenvalue weighted by atomic mass is 10.2. The third kappa shape index (κ3) is 2.68. The summed E-state index contributed by atoms with van der Waals surface area (Å²) in [6, 6.07) is 5.92. The van der Waals surface area contributed by atoms with Crippen molar-refractivity contribution in [1.29, 1.82) is 0 Å². The second-order valence-electron chi connectivity index (χ2n) is 3.52. The highest BCUT2D eigenvalue weighted by atomic mass is 32.1. The molecular formula is C12H11FN2OS. The first-order chi connectivity index (χ1) is 8.18. The molecule has 2 rings (SSSR count). The number of nitrogens with zero attached hydrogens (tertiary/aromatic N) is 1. The summed E-state index contributed by atoms with van der Waals surface area (Å²) in [4.78, 5) is 16.8. The topological polar surface area (TPSA) is 42.0 Å². The number of carbonyl (C=O) groups excluding carboxylic acids is 1. The van der Waals surface area contributed by atoms with E-state index in [1.54, 1.807) is 17.6 Å². The largest absolute Gasteiger partial charge is 0.347 e. The number of aromatic nitrogens is 1. The Morgan fingerprint density at radius 1 is 1.47 bits per heavy atom. The Labute approximate surface area is 102 Å². The van der Waals surface area contributed by atoms with E-state index in [9.17, 15) is 9.18 Å². The van der Waals surface area contributed by atoms with E-state index in [1.807, 2.05) is 6.92 Å². The van der Waals surface area contributed by atoms with E-state index in [0.29, 0.717) is 6.54 Å². The van der Waals surface area contributed by atoms with Gasteiger partial charge in [-0.1, -0.05) is 12.1 Å². The van der Waals surface area contributed by atoms with Crippen molar-refractivity contribution in [2.75, 3.05) is 0 Å². The zero-order chi connectivity index (χ0) is 12.3. The van der Waals surface area contributed by atoms with E-state index in [2.05, 4.69) is 10.3 Å². The molecule has 1 aromatic carbocycles. The molecule has 3 nitrogen and oxygen atoms in total. The molecule has 0 saturated heterocycles. The number of carbonyl (C=O) groups is 1. The molecule has 0 aliphatic heterocycles. The molecule has 0 radical (unpaired) electrons. The number of rotatable bonds is 3. The van der Waals surface area contributed by atoms with E-state index < -0.39 is 11.7 Å². The Balaban J connectivity index is 2.04. The van der Waals surface area contributed by atoms with Crippen molar-refractivity contribution in [1.82, 2.24) is 10.3 Å². The standard InChI is InChI=1S/C12H11FN2OS/c1-8-11(17-7-15-8)6-14-12(16)9-4-2-3-5-10(9)13/h2-5,7H,6H2,1H3,(H,14,16). The first-order valence-corrected chi connectivity index (χ1v) is 5.98. The lowest BCUT2D eigenvalue weighted by Gasteiger charge is -2.04. The molecule has 0 aliphatic rings. The minimum absolute atomic E-state index is 0.0645. The summed E-state index contributed by atoms with van der Waals surface area (Å²) in [5.74, 6) is -0.915. The Morgan fingerprint density at radius 2 is 2.24 bits per heavy atom. The van der Waals surface area contributed by atoms with Crippen LogP contribution in [0, 0.1) is 12.7 Å². The van der Waals surface area contributed by atoms with Crippen LogP contribution in [0.15, 0.2) is 29.8 Å². The van der Waals surface area contributed by atoms with Gasteiger partial charge >= 0.3 is 0 Å². The first kappa shape index (κ1) is 11.7. The fraction of sp³-hybridized carbons (Fsp3) is 0.167. The number of hydrogen-bond acceptors (Lipinski definition) is 3. The van der Waals surface area contributed by atoms with E-state index in [0.717, 1.165) is 10.6 Å². The van der Waals surface area contributed by atoms with Crippen LogP contribution in [0.25, 0.3) is 0 Å². The van der Waals surface area contributed by atoms with Gasteiger partial charge in [0, 0.05) is 4.88 Å². The maximum atomic E-state index is 13.3. The number of hydrogen-bond donors (Lipinski definition) is 1. The molecule has 1 heterocycles.